The molecule has 0 fully saturated rings. The molecule has 0 unspecified atom stereocenters. The van der Waals surface area contributed by atoms with E-state index in [-0.39, 0.29) is 12.5 Å². The Morgan fingerprint density at radius 1 is 1.20 bits per heavy atom. The first-order valence-electron chi connectivity index (χ1n) is 9.61. The Kier molecular flexibility index (Phi) is 5.30. The molecule has 0 aliphatic carbocycles. The maximum atomic E-state index is 12.8. The van der Waals surface area contributed by atoms with E-state index in [4.69, 9.17) is 19.7 Å². The number of amides is 1. The van der Waals surface area contributed by atoms with Crippen LogP contribution in [-0.2, 0) is 13.1 Å². The second-order valence-corrected chi connectivity index (χ2v) is 6.53. The van der Waals surface area contributed by atoms with Crippen LogP contribution in [0.25, 0.3) is 11.3 Å². The molecule has 4 heterocycles. The van der Waals surface area contributed by atoms with Crippen LogP contribution in [0.15, 0.2) is 36.8 Å². The van der Waals surface area contributed by atoms with E-state index in [0.717, 1.165) is 5.56 Å². The van der Waals surface area contributed by atoms with Gasteiger partial charge in [0.15, 0.2) is 5.75 Å². The van der Waals surface area contributed by atoms with Crippen LogP contribution in [-0.4, -0.2) is 38.9 Å². The summed E-state index contributed by atoms with van der Waals surface area (Å²) in [7, 11) is 0. The van der Waals surface area contributed by atoms with Crippen molar-refractivity contribution in [3.63, 3.8) is 0 Å². The number of rotatable bonds is 7. The van der Waals surface area contributed by atoms with Crippen molar-refractivity contribution in [1.29, 1.82) is 5.26 Å². The molecular formula is C21H20N6O3. The molecule has 3 aromatic heterocycles. The van der Waals surface area contributed by atoms with Gasteiger partial charge in [-0.25, -0.2) is 4.98 Å². The number of hydrogen-bond donors (Lipinski definition) is 0. The minimum absolute atomic E-state index is 0.129. The van der Waals surface area contributed by atoms with Gasteiger partial charge in [-0.2, -0.15) is 10.4 Å². The molecule has 30 heavy (non-hydrogen) atoms. The molecule has 0 atom stereocenters. The zero-order chi connectivity index (χ0) is 21.1. The van der Waals surface area contributed by atoms with Crippen LogP contribution in [0.5, 0.6) is 11.6 Å². The summed E-state index contributed by atoms with van der Waals surface area (Å²) in [6.45, 7) is 5.24. The van der Waals surface area contributed by atoms with E-state index < -0.39 is 0 Å². The van der Waals surface area contributed by atoms with Crippen LogP contribution in [0, 0.1) is 11.3 Å². The SMILES string of the molecule is CCOc1cc(-c2ccc3c(n2)CN(c2cnn(CC#N)c2)C3=O)cnc1OCC. The van der Waals surface area contributed by atoms with Crippen molar-refractivity contribution in [3.8, 4) is 29.0 Å². The maximum absolute atomic E-state index is 12.8. The van der Waals surface area contributed by atoms with Crippen LogP contribution >= 0.6 is 0 Å². The summed E-state index contributed by atoms with van der Waals surface area (Å²) < 4.78 is 12.7. The van der Waals surface area contributed by atoms with E-state index in [1.807, 2.05) is 26.0 Å². The Bertz CT molecular complexity index is 1130. The second kappa shape index (κ2) is 8.21. The third-order valence-corrected chi connectivity index (χ3v) is 4.62. The fraction of sp³-hybridized carbons (Fsp3) is 0.286. The van der Waals surface area contributed by atoms with Crippen molar-refractivity contribution >= 4 is 11.6 Å². The lowest BCUT2D eigenvalue weighted by Crippen LogP contribution is -2.22. The van der Waals surface area contributed by atoms with Crippen molar-refractivity contribution in [1.82, 2.24) is 19.7 Å². The molecule has 1 aliphatic heterocycles. The van der Waals surface area contributed by atoms with Crippen molar-refractivity contribution in [3.05, 3.63) is 48.0 Å². The van der Waals surface area contributed by atoms with Gasteiger partial charge in [0.25, 0.3) is 11.8 Å². The molecule has 0 spiro atoms. The summed E-state index contributed by atoms with van der Waals surface area (Å²) in [5.41, 5.74) is 3.33. The normalized spacial score (nSPS) is 12.6. The predicted octanol–water partition coefficient (Wildman–Crippen LogP) is 2.82. The van der Waals surface area contributed by atoms with Gasteiger partial charge < -0.3 is 9.47 Å². The third-order valence-electron chi connectivity index (χ3n) is 4.62. The highest BCUT2D eigenvalue weighted by molar-refractivity contribution is 6.09. The van der Waals surface area contributed by atoms with Crippen molar-refractivity contribution < 1.29 is 14.3 Å². The summed E-state index contributed by atoms with van der Waals surface area (Å²) >= 11 is 0. The van der Waals surface area contributed by atoms with Gasteiger partial charge >= 0.3 is 0 Å². The lowest BCUT2D eigenvalue weighted by Gasteiger charge is -2.12. The lowest BCUT2D eigenvalue weighted by molar-refractivity contribution is 0.0996. The molecule has 0 bridgehead atoms. The van der Waals surface area contributed by atoms with Crippen LogP contribution in [0.3, 0.4) is 0 Å². The number of nitriles is 1. The number of ether oxygens (including phenoxy) is 2. The number of aromatic nitrogens is 4. The first-order valence-corrected chi connectivity index (χ1v) is 9.61. The average molecular weight is 404 g/mol. The highest BCUT2D eigenvalue weighted by Gasteiger charge is 2.31. The van der Waals surface area contributed by atoms with E-state index >= 15 is 0 Å². The number of pyridine rings is 2. The molecule has 152 valence electrons. The van der Waals surface area contributed by atoms with Crippen LogP contribution in [0.1, 0.15) is 29.9 Å². The summed E-state index contributed by atoms with van der Waals surface area (Å²) in [5.74, 6) is 0.863. The summed E-state index contributed by atoms with van der Waals surface area (Å²) in [6, 6.07) is 7.44. The van der Waals surface area contributed by atoms with Gasteiger partial charge in [0.1, 0.15) is 6.54 Å². The monoisotopic (exact) mass is 404 g/mol. The zero-order valence-electron chi connectivity index (χ0n) is 16.7. The topological polar surface area (TPSA) is 106 Å². The third kappa shape index (κ3) is 3.55. The van der Waals surface area contributed by atoms with E-state index in [2.05, 4.69) is 10.1 Å². The van der Waals surface area contributed by atoms with E-state index in [1.165, 1.54) is 4.68 Å². The van der Waals surface area contributed by atoms with E-state index in [0.29, 0.717) is 54.0 Å². The molecule has 4 rings (SSSR count). The summed E-state index contributed by atoms with van der Waals surface area (Å²) in [4.78, 5) is 23.4. The molecular weight excluding hydrogens is 384 g/mol. The molecule has 3 aromatic rings. The fourth-order valence-electron chi connectivity index (χ4n) is 3.28. The molecule has 0 radical (unpaired) electrons. The molecule has 0 saturated carbocycles. The van der Waals surface area contributed by atoms with Crippen molar-refractivity contribution in [2.45, 2.75) is 26.9 Å². The standard InChI is InChI=1S/C21H20N6O3/c1-3-29-19-9-14(10-23-20(19)30-4-2)17-6-5-16-18(25-17)13-27(21(16)28)15-11-24-26(12-15)8-7-22/h5-6,9-12H,3-4,8,13H2,1-2H3. The number of fused-ring (bicyclic) bond motifs is 1. The van der Waals surface area contributed by atoms with Crippen molar-refractivity contribution in [2.24, 2.45) is 0 Å². The molecule has 1 aliphatic rings. The van der Waals surface area contributed by atoms with E-state index in [1.54, 1.807) is 35.6 Å². The second-order valence-electron chi connectivity index (χ2n) is 6.53. The van der Waals surface area contributed by atoms with Crippen LogP contribution < -0.4 is 14.4 Å². The molecule has 9 heteroatoms. The Balaban J connectivity index is 1.62. The molecule has 0 N–H and O–H groups in total. The van der Waals surface area contributed by atoms with Gasteiger partial charge in [0, 0.05) is 18.0 Å². The number of nitrogens with zero attached hydrogens (tertiary/aromatic N) is 6. The number of anilines is 1. The zero-order valence-corrected chi connectivity index (χ0v) is 16.7. The Morgan fingerprint density at radius 3 is 2.80 bits per heavy atom. The van der Waals surface area contributed by atoms with Gasteiger partial charge in [0.05, 0.1) is 54.7 Å². The van der Waals surface area contributed by atoms with Gasteiger partial charge in [-0.05, 0) is 32.0 Å². The Morgan fingerprint density at radius 2 is 2.03 bits per heavy atom. The Labute approximate surface area is 173 Å². The van der Waals surface area contributed by atoms with Crippen LogP contribution in [0.2, 0.25) is 0 Å². The van der Waals surface area contributed by atoms with E-state index in [9.17, 15) is 4.79 Å². The van der Waals surface area contributed by atoms with Gasteiger partial charge in [-0.3, -0.25) is 19.4 Å². The van der Waals surface area contributed by atoms with Crippen molar-refractivity contribution in [2.75, 3.05) is 18.1 Å². The molecule has 0 aromatic carbocycles. The molecule has 0 saturated heterocycles. The summed E-state index contributed by atoms with van der Waals surface area (Å²) in [6.07, 6.45) is 4.94. The predicted molar refractivity (Wildman–Crippen MR) is 108 cm³/mol. The molecule has 1 amide bonds. The minimum atomic E-state index is -0.139. The largest absolute Gasteiger partial charge is 0.488 e. The van der Waals surface area contributed by atoms with Crippen LogP contribution in [0.4, 0.5) is 5.69 Å². The Hall–Kier alpha value is -3.93. The average Bonchev–Trinajstić information content (AvgIpc) is 3.34. The van der Waals surface area contributed by atoms with Gasteiger partial charge in [0.2, 0.25) is 0 Å². The lowest BCUT2D eigenvalue weighted by atomic mass is 10.1. The number of hydrogen-bond acceptors (Lipinski definition) is 7. The smallest absolute Gasteiger partial charge is 0.260 e. The first-order chi connectivity index (χ1) is 14.6. The molecule has 9 nitrogen and oxygen atoms in total. The maximum Gasteiger partial charge on any atom is 0.260 e. The number of carbonyl (C=O) groups is 1. The minimum Gasteiger partial charge on any atom is -0.488 e. The van der Waals surface area contributed by atoms with Gasteiger partial charge in [-0.15, -0.1) is 0 Å². The fourth-order valence-corrected chi connectivity index (χ4v) is 3.28. The highest BCUT2D eigenvalue weighted by Crippen LogP contribution is 2.32. The highest BCUT2D eigenvalue weighted by atomic mass is 16.5. The first kappa shape index (κ1) is 19.4. The summed E-state index contributed by atoms with van der Waals surface area (Å²) in [5, 5.41) is 12.9. The van der Waals surface area contributed by atoms with Gasteiger partial charge in [-0.1, -0.05) is 0 Å². The number of carbonyl (C=O) groups excluding carboxylic acids is 1. The quantitative estimate of drug-likeness (QED) is 0.596.